The summed E-state index contributed by atoms with van der Waals surface area (Å²) in [5.41, 5.74) is 1.36. The van der Waals surface area contributed by atoms with Crippen molar-refractivity contribution >= 4 is 5.69 Å². The Hall–Kier alpha value is -1.02. The van der Waals surface area contributed by atoms with Crippen LogP contribution in [-0.2, 0) is 4.74 Å². The average Bonchev–Trinajstić information content (AvgIpc) is 2.38. The maximum Gasteiger partial charge on any atom is 0.0485 e. The van der Waals surface area contributed by atoms with E-state index in [2.05, 4.69) is 42.2 Å². The first-order chi connectivity index (χ1) is 7.92. The lowest BCUT2D eigenvalue weighted by atomic mass is 10.1. The summed E-state index contributed by atoms with van der Waals surface area (Å²) in [6, 6.07) is 11.4. The van der Waals surface area contributed by atoms with E-state index in [1.54, 1.807) is 0 Å². The maximum absolute atomic E-state index is 5.44. The molecule has 1 aromatic carbocycles. The zero-order chi connectivity index (χ0) is 11.2. The Labute approximate surface area is 98.2 Å². The topological polar surface area (TPSA) is 12.5 Å². The molecule has 1 aromatic rings. The van der Waals surface area contributed by atoms with Gasteiger partial charge in [-0.05, 0) is 31.4 Å². The summed E-state index contributed by atoms with van der Waals surface area (Å²) in [5.74, 6) is 0. The van der Waals surface area contributed by atoms with Gasteiger partial charge in [-0.2, -0.15) is 0 Å². The predicted molar refractivity (Wildman–Crippen MR) is 67.9 cm³/mol. The van der Waals surface area contributed by atoms with E-state index < -0.39 is 0 Å². The molecule has 0 aliphatic carbocycles. The highest BCUT2D eigenvalue weighted by Crippen LogP contribution is 2.22. The Morgan fingerprint density at radius 3 is 2.50 bits per heavy atom. The molecule has 0 bridgehead atoms. The zero-order valence-corrected chi connectivity index (χ0v) is 10.1. The minimum absolute atomic E-state index is 0.663. The summed E-state index contributed by atoms with van der Waals surface area (Å²) in [4.78, 5) is 2.54. The fourth-order valence-corrected chi connectivity index (χ4v) is 2.38. The fourth-order valence-electron chi connectivity index (χ4n) is 2.38. The number of para-hydroxylation sites is 1. The van der Waals surface area contributed by atoms with Crippen LogP contribution in [0.3, 0.4) is 0 Å². The van der Waals surface area contributed by atoms with Gasteiger partial charge >= 0.3 is 0 Å². The summed E-state index contributed by atoms with van der Waals surface area (Å²) >= 11 is 0. The van der Waals surface area contributed by atoms with Gasteiger partial charge in [0.05, 0.1) is 0 Å². The quantitative estimate of drug-likeness (QED) is 0.771. The molecule has 0 N–H and O–H groups in total. The summed E-state index contributed by atoms with van der Waals surface area (Å²) in [6.07, 6.45) is 3.52. The standard InChI is InChI=1S/C14H21NO/c1-2-10-15(13-6-4-3-5-7-13)14-8-11-16-12-9-14/h3-7,14H,2,8-12H2,1H3. The van der Waals surface area contributed by atoms with Crippen molar-refractivity contribution in [3.63, 3.8) is 0 Å². The van der Waals surface area contributed by atoms with Crippen LogP contribution in [0.25, 0.3) is 0 Å². The lowest BCUT2D eigenvalue weighted by molar-refractivity contribution is 0.0844. The van der Waals surface area contributed by atoms with Gasteiger partial charge in [0.2, 0.25) is 0 Å². The van der Waals surface area contributed by atoms with E-state index in [9.17, 15) is 0 Å². The molecule has 88 valence electrons. The number of benzene rings is 1. The number of hydrogen-bond acceptors (Lipinski definition) is 2. The minimum Gasteiger partial charge on any atom is -0.381 e. The van der Waals surface area contributed by atoms with Crippen LogP contribution >= 0.6 is 0 Å². The number of hydrogen-bond donors (Lipinski definition) is 0. The monoisotopic (exact) mass is 219 g/mol. The third-order valence-electron chi connectivity index (χ3n) is 3.18. The lowest BCUT2D eigenvalue weighted by Gasteiger charge is -2.36. The van der Waals surface area contributed by atoms with E-state index in [0.717, 1.165) is 32.6 Å². The third kappa shape index (κ3) is 2.76. The predicted octanol–water partition coefficient (Wildman–Crippen LogP) is 3.08. The second-order valence-corrected chi connectivity index (χ2v) is 4.37. The molecule has 0 spiro atoms. The highest BCUT2D eigenvalue weighted by atomic mass is 16.5. The van der Waals surface area contributed by atoms with Crippen LogP contribution in [0.1, 0.15) is 26.2 Å². The van der Waals surface area contributed by atoms with Crippen molar-refractivity contribution in [2.24, 2.45) is 0 Å². The molecule has 1 aliphatic rings. The van der Waals surface area contributed by atoms with Crippen molar-refractivity contribution in [2.45, 2.75) is 32.2 Å². The van der Waals surface area contributed by atoms with Crippen molar-refractivity contribution in [1.29, 1.82) is 0 Å². The van der Waals surface area contributed by atoms with Crippen LogP contribution in [0.4, 0.5) is 5.69 Å². The fraction of sp³-hybridized carbons (Fsp3) is 0.571. The maximum atomic E-state index is 5.44. The van der Waals surface area contributed by atoms with Crippen LogP contribution < -0.4 is 4.90 Å². The minimum atomic E-state index is 0.663. The van der Waals surface area contributed by atoms with E-state index in [1.165, 1.54) is 12.1 Å². The summed E-state index contributed by atoms with van der Waals surface area (Å²) < 4.78 is 5.44. The first-order valence-electron chi connectivity index (χ1n) is 6.31. The van der Waals surface area contributed by atoms with Gasteiger partial charge in [-0.25, -0.2) is 0 Å². The molecule has 2 rings (SSSR count). The molecule has 1 fully saturated rings. The Bertz CT molecular complexity index is 293. The highest BCUT2D eigenvalue weighted by molar-refractivity contribution is 5.47. The van der Waals surface area contributed by atoms with E-state index in [0.29, 0.717) is 6.04 Å². The average molecular weight is 219 g/mol. The molecule has 0 aromatic heterocycles. The van der Waals surface area contributed by atoms with Gasteiger partial charge in [0.25, 0.3) is 0 Å². The Balaban J connectivity index is 2.09. The van der Waals surface area contributed by atoms with Crippen molar-refractivity contribution in [2.75, 3.05) is 24.7 Å². The smallest absolute Gasteiger partial charge is 0.0485 e. The SMILES string of the molecule is CCCN(c1ccccc1)C1CCOCC1. The largest absolute Gasteiger partial charge is 0.381 e. The van der Waals surface area contributed by atoms with E-state index in [-0.39, 0.29) is 0 Å². The Kier molecular flexibility index (Phi) is 4.23. The van der Waals surface area contributed by atoms with Crippen molar-refractivity contribution in [3.8, 4) is 0 Å². The van der Waals surface area contributed by atoms with Crippen LogP contribution in [-0.4, -0.2) is 25.8 Å². The molecule has 1 heterocycles. The second-order valence-electron chi connectivity index (χ2n) is 4.37. The number of anilines is 1. The van der Waals surface area contributed by atoms with Crippen LogP contribution in [0.2, 0.25) is 0 Å². The van der Waals surface area contributed by atoms with Crippen LogP contribution in [0.15, 0.2) is 30.3 Å². The van der Waals surface area contributed by atoms with Gasteiger partial charge in [-0.1, -0.05) is 25.1 Å². The molecule has 0 atom stereocenters. The molecule has 16 heavy (non-hydrogen) atoms. The molecule has 0 radical (unpaired) electrons. The summed E-state index contributed by atoms with van der Waals surface area (Å²) in [7, 11) is 0. The van der Waals surface area contributed by atoms with E-state index >= 15 is 0 Å². The molecule has 2 nitrogen and oxygen atoms in total. The van der Waals surface area contributed by atoms with Gasteiger partial charge in [-0.3, -0.25) is 0 Å². The molecule has 0 saturated carbocycles. The van der Waals surface area contributed by atoms with Gasteiger partial charge in [0.15, 0.2) is 0 Å². The molecular formula is C14H21NO. The molecule has 1 aliphatic heterocycles. The van der Waals surface area contributed by atoms with Crippen LogP contribution in [0, 0.1) is 0 Å². The Morgan fingerprint density at radius 1 is 1.19 bits per heavy atom. The molecule has 2 heteroatoms. The number of ether oxygens (including phenoxy) is 1. The Morgan fingerprint density at radius 2 is 1.88 bits per heavy atom. The van der Waals surface area contributed by atoms with Gasteiger partial charge in [0, 0.05) is 31.5 Å². The lowest BCUT2D eigenvalue weighted by Crippen LogP contribution is -2.40. The van der Waals surface area contributed by atoms with E-state index in [1.807, 2.05) is 0 Å². The highest BCUT2D eigenvalue weighted by Gasteiger charge is 2.20. The first kappa shape index (κ1) is 11.5. The molecule has 0 amide bonds. The normalized spacial score (nSPS) is 17.3. The summed E-state index contributed by atoms with van der Waals surface area (Å²) in [6.45, 7) is 5.22. The van der Waals surface area contributed by atoms with Crippen LogP contribution in [0.5, 0.6) is 0 Å². The van der Waals surface area contributed by atoms with Gasteiger partial charge in [-0.15, -0.1) is 0 Å². The van der Waals surface area contributed by atoms with Gasteiger partial charge < -0.3 is 9.64 Å². The summed E-state index contributed by atoms with van der Waals surface area (Å²) in [5, 5.41) is 0. The number of nitrogens with zero attached hydrogens (tertiary/aromatic N) is 1. The van der Waals surface area contributed by atoms with Crippen molar-refractivity contribution in [1.82, 2.24) is 0 Å². The second kappa shape index (κ2) is 5.90. The zero-order valence-electron chi connectivity index (χ0n) is 10.1. The van der Waals surface area contributed by atoms with Crippen molar-refractivity contribution < 1.29 is 4.74 Å². The molecular weight excluding hydrogens is 198 g/mol. The van der Waals surface area contributed by atoms with E-state index in [4.69, 9.17) is 4.74 Å². The first-order valence-corrected chi connectivity index (χ1v) is 6.31. The number of rotatable bonds is 4. The molecule has 1 saturated heterocycles. The third-order valence-corrected chi connectivity index (χ3v) is 3.18. The van der Waals surface area contributed by atoms with Crippen molar-refractivity contribution in [3.05, 3.63) is 30.3 Å². The van der Waals surface area contributed by atoms with Gasteiger partial charge in [0.1, 0.15) is 0 Å². The molecule has 0 unspecified atom stereocenters.